The molecular formula is C25H20ClN5O2. The molecule has 0 aliphatic rings. The average molecular weight is 458 g/mol. The molecule has 0 bridgehead atoms. The maximum Gasteiger partial charge on any atom is 0.259 e. The van der Waals surface area contributed by atoms with Crippen LogP contribution in [0.3, 0.4) is 0 Å². The largest absolute Gasteiger partial charge is 0.343 e. The van der Waals surface area contributed by atoms with Crippen molar-refractivity contribution < 1.29 is 9.59 Å². The first-order chi connectivity index (χ1) is 16.1. The van der Waals surface area contributed by atoms with Gasteiger partial charge in [0.25, 0.3) is 11.8 Å². The lowest BCUT2D eigenvalue weighted by Crippen LogP contribution is -2.34. The smallest absolute Gasteiger partial charge is 0.259 e. The van der Waals surface area contributed by atoms with Gasteiger partial charge >= 0.3 is 0 Å². The maximum absolute atomic E-state index is 12.1. The lowest BCUT2D eigenvalue weighted by Gasteiger charge is -2.04. The molecule has 2 amide bonds. The summed E-state index contributed by atoms with van der Waals surface area (Å²) in [4.78, 5) is 24.2. The molecule has 3 aromatic carbocycles. The Labute approximate surface area is 195 Å². The van der Waals surface area contributed by atoms with E-state index in [9.17, 15) is 9.59 Å². The molecule has 0 spiro atoms. The van der Waals surface area contributed by atoms with Gasteiger partial charge in [0.1, 0.15) is 5.69 Å². The van der Waals surface area contributed by atoms with E-state index in [-0.39, 0.29) is 12.5 Å². The zero-order chi connectivity index (χ0) is 23.0. The third-order valence-electron chi connectivity index (χ3n) is 4.72. The molecule has 0 atom stereocenters. The van der Waals surface area contributed by atoms with Gasteiger partial charge in [0.15, 0.2) is 0 Å². The standard InChI is InChI=1S/C25H20ClN5O2/c26-21-13-11-19(12-14-21)25(33)27-16-23(32)29-28-15-20-17-31(22-9-5-2-6-10-22)30-24(20)18-7-3-1-4-8-18/h1-15,17H,16H2,(H,27,33)(H,29,32)/b28-15-. The van der Waals surface area contributed by atoms with Crippen LogP contribution in [0.25, 0.3) is 16.9 Å². The normalized spacial score (nSPS) is 10.8. The van der Waals surface area contributed by atoms with Crippen molar-refractivity contribution in [2.75, 3.05) is 6.54 Å². The van der Waals surface area contributed by atoms with E-state index in [0.717, 1.165) is 22.5 Å². The van der Waals surface area contributed by atoms with E-state index in [1.165, 1.54) is 6.21 Å². The molecule has 0 unspecified atom stereocenters. The van der Waals surface area contributed by atoms with Crippen LogP contribution in [0, 0.1) is 0 Å². The summed E-state index contributed by atoms with van der Waals surface area (Å²) < 4.78 is 1.76. The quantitative estimate of drug-likeness (QED) is 0.324. The van der Waals surface area contributed by atoms with Gasteiger partial charge in [-0.05, 0) is 36.4 Å². The highest BCUT2D eigenvalue weighted by atomic mass is 35.5. The number of halogens is 1. The molecular weight excluding hydrogens is 438 g/mol. The molecule has 7 nitrogen and oxygen atoms in total. The predicted octanol–water partition coefficient (Wildman–Crippen LogP) is 4.07. The Morgan fingerprint density at radius 3 is 2.30 bits per heavy atom. The van der Waals surface area contributed by atoms with Gasteiger partial charge < -0.3 is 5.32 Å². The lowest BCUT2D eigenvalue weighted by molar-refractivity contribution is -0.120. The molecule has 0 fully saturated rings. The number of amides is 2. The van der Waals surface area contributed by atoms with Gasteiger partial charge in [-0.3, -0.25) is 9.59 Å². The molecule has 2 N–H and O–H groups in total. The van der Waals surface area contributed by atoms with E-state index in [2.05, 4.69) is 15.8 Å². The minimum absolute atomic E-state index is 0.215. The minimum atomic E-state index is -0.453. The number of nitrogens with one attached hydrogen (secondary N) is 2. The fraction of sp³-hybridized carbons (Fsp3) is 0.0400. The molecule has 0 aliphatic heterocycles. The average Bonchev–Trinajstić information content (AvgIpc) is 3.28. The SMILES string of the molecule is O=C(CNC(=O)c1ccc(Cl)cc1)N/N=C\c1cn(-c2ccccc2)nc1-c1ccccc1. The highest BCUT2D eigenvalue weighted by Crippen LogP contribution is 2.22. The Morgan fingerprint density at radius 2 is 1.61 bits per heavy atom. The Morgan fingerprint density at radius 1 is 0.939 bits per heavy atom. The monoisotopic (exact) mass is 457 g/mol. The summed E-state index contributed by atoms with van der Waals surface area (Å²) in [5.74, 6) is -0.827. The second-order valence-corrected chi connectivity index (χ2v) is 7.50. The van der Waals surface area contributed by atoms with Crippen molar-refractivity contribution in [2.45, 2.75) is 0 Å². The topological polar surface area (TPSA) is 88.4 Å². The first-order valence-electron chi connectivity index (χ1n) is 10.2. The van der Waals surface area contributed by atoms with Crippen LogP contribution in [-0.2, 0) is 4.79 Å². The van der Waals surface area contributed by atoms with Gasteiger partial charge in [-0.1, -0.05) is 60.1 Å². The predicted molar refractivity (Wildman–Crippen MR) is 129 cm³/mol. The van der Waals surface area contributed by atoms with Gasteiger partial charge in [-0.2, -0.15) is 10.2 Å². The van der Waals surface area contributed by atoms with E-state index in [1.54, 1.807) is 28.9 Å². The lowest BCUT2D eigenvalue weighted by atomic mass is 10.1. The van der Waals surface area contributed by atoms with Gasteiger partial charge in [0, 0.05) is 27.9 Å². The number of hydrazone groups is 1. The summed E-state index contributed by atoms with van der Waals surface area (Å²) in [5, 5.41) is 11.8. The number of nitrogens with zero attached hydrogens (tertiary/aromatic N) is 3. The zero-order valence-electron chi connectivity index (χ0n) is 17.5. The van der Waals surface area contributed by atoms with Crippen molar-refractivity contribution in [3.05, 3.63) is 107 Å². The summed E-state index contributed by atoms with van der Waals surface area (Å²) >= 11 is 5.82. The molecule has 0 saturated carbocycles. The summed E-state index contributed by atoms with van der Waals surface area (Å²) in [6.45, 7) is -0.215. The van der Waals surface area contributed by atoms with Crippen molar-refractivity contribution in [1.29, 1.82) is 0 Å². The van der Waals surface area contributed by atoms with Crippen molar-refractivity contribution >= 4 is 29.6 Å². The number of rotatable bonds is 7. The number of aromatic nitrogens is 2. The summed E-state index contributed by atoms with van der Waals surface area (Å²) in [7, 11) is 0. The number of hydrogen-bond acceptors (Lipinski definition) is 4. The first-order valence-corrected chi connectivity index (χ1v) is 10.5. The van der Waals surface area contributed by atoms with Gasteiger partial charge in [0.2, 0.25) is 0 Å². The molecule has 1 heterocycles. The molecule has 8 heteroatoms. The number of carbonyl (C=O) groups excluding carboxylic acids is 2. The van der Waals surface area contributed by atoms with Crippen LogP contribution in [0.5, 0.6) is 0 Å². The number of benzene rings is 3. The summed E-state index contributed by atoms with van der Waals surface area (Å²) in [5.41, 5.74) is 6.14. The van der Waals surface area contributed by atoms with E-state index in [1.807, 2.05) is 66.9 Å². The molecule has 0 saturated heterocycles. The second-order valence-electron chi connectivity index (χ2n) is 7.06. The summed E-state index contributed by atoms with van der Waals surface area (Å²) in [6, 6.07) is 25.8. The van der Waals surface area contributed by atoms with Crippen molar-refractivity contribution in [2.24, 2.45) is 5.10 Å². The zero-order valence-corrected chi connectivity index (χ0v) is 18.2. The van der Waals surface area contributed by atoms with Crippen molar-refractivity contribution in [1.82, 2.24) is 20.5 Å². The van der Waals surface area contributed by atoms with Crippen LogP contribution in [0.1, 0.15) is 15.9 Å². The highest BCUT2D eigenvalue weighted by Gasteiger charge is 2.11. The molecule has 0 aliphatic carbocycles. The van der Waals surface area contributed by atoms with E-state index in [4.69, 9.17) is 16.7 Å². The van der Waals surface area contributed by atoms with E-state index < -0.39 is 5.91 Å². The molecule has 1 aromatic heterocycles. The third-order valence-corrected chi connectivity index (χ3v) is 4.97. The van der Waals surface area contributed by atoms with Crippen LogP contribution >= 0.6 is 11.6 Å². The number of carbonyl (C=O) groups is 2. The van der Waals surface area contributed by atoms with Gasteiger partial charge in [-0.25, -0.2) is 10.1 Å². The number of para-hydroxylation sites is 1. The van der Waals surface area contributed by atoms with E-state index in [0.29, 0.717) is 10.6 Å². The fourth-order valence-electron chi connectivity index (χ4n) is 3.09. The molecule has 4 aromatic rings. The molecule has 33 heavy (non-hydrogen) atoms. The number of hydrogen-bond donors (Lipinski definition) is 2. The Kier molecular flexibility index (Phi) is 6.92. The van der Waals surface area contributed by atoms with Crippen LogP contribution in [0.15, 0.2) is 96.2 Å². The van der Waals surface area contributed by atoms with Crippen LogP contribution in [0.4, 0.5) is 0 Å². The highest BCUT2D eigenvalue weighted by molar-refractivity contribution is 6.30. The van der Waals surface area contributed by atoms with Gasteiger partial charge in [0.05, 0.1) is 18.4 Å². The fourth-order valence-corrected chi connectivity index (χ4v) is 3.22. The third kappa shape index (κ3) is 5.72. The van der Waals surface area contributed by atoms with Crippen molar-refractivity contribution in [3.63, 3.8) is 0 Å². The molecule has 4 rings (SSSR count). The maximum atomic E-state index is 12.1. The van der Waals surface area contributed by atoms with Crippen LogP contribution in [-0.4, -0.2) is 34.4 Å². The molecule has 0 radical (unpaired) electrons. The Balaban J connectivity index is 1.43. The Hall–Kier alpha value is -4.23. The molecule has 164 valence electrons. The second kappa shape index (κ2) is 10.4. The van der Waals surface area contributed by atoms with Crippen molar-refractivity contribution in [3.8, 4) is 16.9 Å². The van der Waals surface area contributed by atoms with Gasteiger partial charge in [-0.15, -0.1) is 0 Å². The summed E-state index contributed by atoms with van der Waals surface area (Å²) in [6.07, 6.45) is 3.38. The van der Waals surface area contributed by atoms with E-state index >= 15 is 0 Å². The minimum Gasteiger partial charge on any atom is -0.343 e. The van der Waals surface area contributed by atoms with Crippen LogP contribution in [0.2, 0.25) is 5.02 Å². The first kappa shape index (κ1) is 22.0. The Bertz CT molecular complexity index is 1270. The van der Waals surface area contributed by atoms with Crippen LogP contribution < -0.4 is 10.7 Å².